The summed E-state index contributed by atoms with van der Waals surface area (Å²) in [6, 6.07) is 11.7. The number of carbonyl (C=O) groups excluding carboxylic acids is 1. The lowest BCUT2D eigenvalue weighted by Gasteiger charge is -2.16. The second kappa shape index (κ2) is 6.39. The van der Waals surface area contributed by atoms with Gasteiger partial charge in [0.15, 0.2) is 6.61 Å². The molecule has 0 aromatic heterocycles. The molecule has 0 unspecified atom stereocenters. The molecule has 0 spiro atoms. The molecule has 20 heavy (non-hydrogen) atoms. The Morgan fingerprint density at radius 2 is 2.05 bits per heavy atom. The van der Waals surface area contributed by atoms with Crippen molar-refractivity contribution in [1.82, 2.24) is 5.32 Å². The van der Waals surface area contributed by atoms with Crippen LogP contribution in [0.5, 0.6) is 5.75 Å². The van der Waals surface area contributed by atoms with Crippen LogP contribution in [0.4, 0.5) is 0 Å². The predicted octanol–water partition coefficient (Wildman–Crippen LogP) is 2.37. The first-order valence-electron chi connectivity index (χ1n) is 6.80. The zero-order valence-electron chi connectivity index (χ0n) is 11.8. The molecule has 0 heterocycles. The standard InChI is InChI=1S/C16H20N2O2/c1-3-18-15(19)10-20-16-13(11(2)17)9-8-12-6-4-5-7-14(12)16/h4-9,11H,3,10,17H2,1-2H3,(H,18,19)/t11-/m1/s1. The van der Waals surface area contributed by atoms with E-state index in [1.165, 1.54) is 0 Å². The number of fused-ring (bicyclic) bond motifs is 1. The van der Waals surface area contributed by atoms with Crippen LogP contribution in [0.25, 0.3) is 10.8 Å². The largest absolute Gasteiger partial charge is 0.483 e. The minimum Gasteiger partial charge on any atom is -0.483 e. The van der Waals surface area contributed by atoms with E-state index in [-0.39, 0.29) is 18.6 Å². The molecule has 106 valence electrons. The summed E-state index contributed by atoms with van der Waals surface area (Å²) in [6.07, 6.45) is 0. The summed E-state index contributed by atoms with van der Waals surface area (Å²) in [5.41, 5.74) is 6.90. The van der Waals surface area contributed by atoms with Gasteiger partial charge in [0.1, 0.15) is 5.75 Å². The van der Waals surface area contributed by atoms with Gasteiger partial charge in [-0.05, 0) is 19.2 Å². The Hall–Kier alpha value is -2.07. The normalized spacial score (nSPS) is 12.2. The third kappa shape index (κ3) is 3.08. The Balaban J connectivity index is 2.37. The van der Waals surface area contributed by atoms with Crippen LogP contribution in [-0.4, -0.2) is 19.1 Å². The summed E-state index contributed by atoms with van der Waals surface area (Å²) in [7, 11) is 0. The number of hydrogen-bond acceptors (Lipinski definition) is 3. The van der Waals surface area contributed by atoms with Crippen LogP contribution in [0.1, 0.15) is 25.5 Å². The molecule has 4 nitrogen and oxygen atoms in total. The molecule has 3 N–H and O–H groups in total. The third-order valence-electron chi connectivity index (χ3n) is 3.12. The van der Waals surface area contributed by atoms with E-state index in [9.17, 15) is 4.79 Å². The molecule has 0 saturated carbocycles. The van der Waals surface area contributed by atoms with Crippen molar-refractivity contribution in [2.75, 3.05) is 13.2 Å². The maximum absolute atomic E-state index is 11.6. The smallest absolute Gasteiger partial charge is 0.257 e. The van der Waals surface area contributed by atoms with Crippen molar-refractivity contribution in [2.45, 2.75) is 19.9 Å². The average molecular weight is 272 g/mol. The summed E-state index contributed by atoms with van der Waals surface area (Å²) < 4.78 is 5.73. The fourth-order valence-corrected chi connectivity index (χ4v) is 2.17. The quantitative estimate of drug-likeness (QED) is 0.878. The van der Waals surface area contributed by atoms with Crippen molar-refractivity contribution in [2.24, 2.45) is 5.73 Å². The first kappa shape index (κ1) is 14.3. The van der Waals surface area contributed by atoms with Crippen molar-refractivity contribution in [3.8, 4) is 5.75 Å². The first-order chi connectivity index (χ1) is 9.63. The molecule has 0 aliphatic rings. The minimum atomic E-state index is -0.149. The summed E-state index contributed by atoms with van der Waals surface area (Å²) in [5.74, 6) is 0.570. The van der Waals surface area contributed by atoms with Gasteiger partial charge in [-0.3, -0.25) is 4.79 Å². The number of rotatable bonds is 5. The fourth-order valence-electron chi connectivity index (χ4n) is 2.17. The Morgan fingerprint density at radius 1 is 1.30 bits per heavy atom. The summed E-state index contributed by atoms with van der Waals surface area (Å²) >= 11 is 0. The molecular formula is C16H20N2O2. The van der Waals surface area contributed by atoms with Gasteiger partial charge < -0.3 is 15.8 Å². The highest BCUT2D eigenvalue weighted by molar-refractivity contribution is 5.90. The maximum Gasteiger partial charge on any atom is 0.257 e. The minimum absolute atomic E-state index is 0.00156. The molecule has 0 fully saturated rings. The van der Waals surface area contributed by atoms with E-state index in [0.717, 1.165) is 16.3 Å². The van der Waals surface area contributed by atoms with Crippen LogP contribution in [0, 0.1) is 0 Å². The van der Waals surface area contributed by atoms with Gasteiger partial charge in [0, 0.05) is 23.5 Å². The molecule has 1 atom stereocenters. The number of benzene rings is 2. The second-order valence-electron chi connectivity index (χ2n) is 4.74. The molecule has 1 amide bonds. The highest BCUT2D eigenvalue weighted by Crippen LogP contribution is 2.32. The molecule has 0 radical (unpaired) electrons. The van der Waals surface area contributed by atoms with Crippen LogP contribution >= 0.6 is 0 Å². The Labute approximate surface area is 118 Å². The number of likely N-dealkylation sites (N-methyl/N-ethyl adjacent to an activating group) is 1. The van der Waals surface area contributed by atoms with Crippen molar-refractivity contribution in [3.05, 3.63) is 42.0 Å². The number of amides is 1. The highest BCUT2D eigenvalue weighted by atomic mass is 16.5. The van der Waals surface area contributed by atoms with Crippen molar-refractivity contribution < 1.29 is 9.53 Å². The summed E-state index contributed by atoms with van der Waals surface area (Å²) in [5, 5.41) is 4.77. The van der Waals surface area contributed by atoms with E-state index >= 15 is 0 Å². The predicted molar refractivity (Wildman–Crippen MR) is 80.7 cm³/mol. The number of carbonyl (C=O) groups is 1. The number of ether oxygens (including phenoxy) is 1. The Morgan fingerprint density at radius 3 is 2.75 bits per heavy atom. The lowest BCUT2D eigenvalue weighted by molar-refractivity contribution is -0.122. The zero-order chi connectivity index (χ0) is 14.5. The van der Waals surface area contributed by atoms with Crippen molar-refractivity contribution in [3.63, 3.8) is 0 Å². The molecule has 0 saturated heterocycles. The Kier molecular flexibility index (Phi) is 4.58. The zero-order valence-corrected chi connectivity index (χ0v) is 11.8. The van der Waals surface area contributed by atoms with Gasteiger partial charge in [-0.15, -0.1) is 0 Å². The first-order valence-corrected chi connectivity index (χ1v) is 6.80. The van der Waals surface area contributed by atoms with Crippen LogP contribution in [0.3, 0.4) is 0 Å². The fraction of sp³-hybridized carbons (Fsp3) is 0.312. The lowest BCUT2D eigenvalue weighted by atomic mass is 10.0. The molecule has 0 aliphatic heterocycles. The van der Waals surface area contributed by atoms with Gasteiger partial charge in [0.25, 0.3) is 5.91 Å². The molecule has 2 rings (SSSR count). The van der Waals surface area contributed by atoms with E-state index in [2.05, 4.69) is 5.32 Å². The molecule has 2 aromatic rings. The van der Waals surface area contributed by atoms with Gasteiger partial charge in [0.2, 0.25) is 0 Å². The summed E-state index contributed by atoms with van der Waals surface area (Å²) in [6.45, 7) is 4.38. The van der Waals surface area contributed by atoms with Crippen molar-refractivity contribution >= 4 is 16.7 Å². The number of nitrogens with one attached hydrogen (secondary N) is 1. The van der Waals surface area contributed by atoms with Crippen LogP contribution in [-0.2, 0) is 4.79 Å². The van der Waals surface area contributed by atoms with Crippen LogP contribution < -0.4 is 15.8 Å². The topological polar surface area (TPSA) is 64.3 Å². The van der Waals surface area contributed by atoms with Gasteiger partial charge in [0.05, 0.1) is 0 Å². The molecular weight excluding hydrogens is 252 g/mol. The molecule has 4 heteroatoms. The lowest BCUT2D eigenvalue weighted by Crippen LogP contribution is -2.28. The van der Waals surface area contributed by atoms with E-state index in [0.29, 0.717) is 12.3 Å². The molecule has 2 aromatic carbocycles. The van der Waals surface area contributed by atoms with E-state index in [1.54, 1.807) is 0 Å². The third-order valence-corrected chi connectivity index (χ3v) is 3.12. The monoisotopic (exact) mass is 272 g/mol. The molecule has 0 bridgehead atoms. The van der Waals surface area contributed by atoms with Crippen LogP contribution in [0.2, 0.25) is 0 Å². The molecule has 0 aliphatic carbocycles. The van der Waals surface area contributed by atoms with Gasteiger partial charge in [-0.25, -0.2) is 0 Å². The van der Waals surface area contributed by atoms with E-state index < -0.39 is 0 Å². The second-order valence-corrected chi connectivity index (χ2v) is 4.74. The van der Waals surface area contributed by atoms with Gasteiger partial charge in [-0.2, -0.15) is 0 Å². The SMILES string of the molecule is CCNC(=O)COc1c([C@@H](C)N)ccc2ccccc12. The van der Waals surface area contributed by atoms with Crippen LogP contribution in [0.15, 0.2) is 36.4 Å². The number of nitrogens with two attached hydrogens (primary N) is 1. The maximum atomic E-state index is 11.6. The van der Waals surface area contributed by atoms with E-state index in [4.69, 9.17) is 10.5 Å². The number of hydrogen-bond donors (Lipinski definition) is 2. The Bertz CT molecular complexity index is 608. The van der Waals surface area contributed by atoms with Crippen molar-refractivity contribution in [1.29, 1.82) is 0 Å². The van der Waals surface area contributed by atoms with E-state index in [1.807, 2.05) is 50.2 Å². The average Bonchev–Trinajstić information content (AvgIpc) is 2.44. The highest BCUT2D eigenvalue weighted by Gasteiger charge is 2.13. The van der Waals surface area contributed by atoms with Gasteiger partial charge >= 0.3 is 0 Å². The summed E-state index contributed by atoms with van der Waals surface area (Å²) in [4.78, 5) is 11.6. The van der Waals surface area contributed by atoms with Gasteiger partial charge in [-0.1, -0.05) is 36.4 Å².